The molecule has 160 valence electrons. The molecule has 0 spiro atoms. The fourth-order valence-corrected chi connectivity index (χ4v) is 4.98. The van der Waals surface area contributed by atoms with E-state index in [0.717, 1.165) is 19.4 Å². The van der Waals surface area contributed by atoms with E-state index < -0.39 is 10.0 Å². The van der Waals surface area contributed by atoms with E-state index in [1.807, 2.05) is 0 Å². The maximum atomic E-state index is 12.7. The molecule has 0 aromatic heterocycles. The standard InChI is InChI=1S/C19H26ClN3O5S/c20-15-3-5-17(6-4-15)29(26,27)23-11-9-22(10-12-23)19(25)8-7-18(24)21-14-16-2-1-13-28-16/h3-6,16H,1-2,7-14H2,(H,21,24)/t16-/m1/s1. The Hall–Kier alpha value is -1.68. The third-order valence-electron chi connectivity index (χ3n) is 5.16. The summed E-state index contributed by atoms with van der Waals surface area (Å²) in [6.07, 6.45) is 2.27. The second kappa shape index (κ2) is 9.88. The van der Waals surface area contributed by atoms with Crippen molar-refractivity contribution in [2.75, 3.05) is 39.3 Å². The van der Waals surface area contributed by atoms with Crippen molar-refractivity contribution in [1.82, 2.24) is 14.5 Å². The normalized spacial score (nSPS) is 20.6. The lowest BCUT2D eigenvalue weighted by atomic mass is 10.2. The number of nitrogens with zero attached hydrogens (tertiary/aromatic N) is 2. The van der Waals surface area contributed by atoms with Crippen LogP contribution in [0, 0.1) is 0 Å². The highest BCUT2D eigenvalue weighted by Crippen LogP contribution is 2.20. The average molecular weight is 444 g/mol. The number of rotatable bonds is 7. The molecule has 2 amide bonds. The van der Waals surface area contributed by atoms with Gasteiger partial charge in [-0.25, -0.2) is 8.42 Å². The number of carbonyl (C=O) groups excluding carboxylic acids is 2. The number of benzene rings is 1. The van der Waals surface area contributed by atoms with Crippen LogP contribution in [0.3, 0.4) is 0 Å². The number of hydrogen-bond acceptors (Lipinski definition) is 5. The van der Waals surface area contributed by atoms with Crippen LogP contribution in [0.1, 0.15) is 25.7 Å². The minimum Gasteiger partial charge on any atom is -0.376 e. The van der Waals surface area contributed by atoms with Gasteiger partial charge >= 0.3 is 0 Å². The van der Waals surface area contributed by atoms with Gasteiger partial charge in [-0.2, -0.15) is 4.31 Å². The van der Waals surface area contributed by atoms with Crippen LogP contribution in [-0.2, 0) is 24.3 Å². The zero-order chi connectivity index (χ0) is 20.9. The summed E-state index contributed by atoms with van der Waals surface area (Å²) in [6.45, 7) is 2.28. The molecule has 0 saturated carbocycles. The summed E-state index contributed by atoms with van der Waals surface area (Å²) >= 11 is 5.82. The van der Waals surface area contributed by atoms with Crippen LogP contribution in [0.5, 0.6) is 0 Å². The smallest absolute Gasteiger partial charge is 0.243 e. The Morgan fingerprint density at radius 1 is 1.10 bits per heavy atom. The SMILES string of the molecule is O=C(CCC(=O)N1CCN(S(=O)(=O)c2ccc(Cl)cc2)CC1)NC[C@H]1CCCO1. The van der Waals surface area contributed by atoms with Crippen molar-refractivity contribution in [2.45, 2.75) is 36.7 Å². The molecule has 1 atom stereocenters. The van der Waals surface area contributed by atoms with Crippen LogP contribution in [0.25, 0.3) is 0 Å². The van der Waals surface area contributed by atoms with Crippen molar-refractivity contribution in [3.05, 3.63) is 29.3 Å². The van der Waals surface area contributed by atoms with E-state index in [1.165, 1.54) is 28.6 Å². The highest BCUT2D eigenvalue weighted by molar-refractivity contribution is 7.89. The Balaban J connectivity index is 1.42. The molecule has 2 saturated heterocycles. The lowest BCUT2D eigenvalue weighted by molar-refractivity contribution is -0.134. The van der Waals surface area contributed by atoms with Crippen LogP contribution >= 0.6 is 11.6 Å². The van der Waals surface area contributed by atoms with Crippen LogP contribution in [0.2, 0.25) is 5.02 Å². The monoisotopic (exact) mass is 443 g/mol. The van der Waals surface area contributed by atoms with Gasteiger partial charge in [0.05, 0.1) is 11.0 Å². The molecular formula is C19H26ClN3O5S. The number of piperazine rings is 1. The molecule has 10 heteroatoms. The van der Waals surface area contributed by atoms with E-state index in [9.17, 15) is 18.0 Å². The summed E-state index contributed by atoms with van der Waals surface area (Å²) < 4.78 is 32.2. The first-order valence-corrected chi connectivity index (χ1v) is 11.6. The van der Waals surface area contributed by atoms with Gasteiger partial charge in [0.1, 0.15) is 0 Å². The van der Waals surface area contributed by atoms with Gasteiger partial charge in [-0.05, 0) is 37.1 Å². The van der Waals surface area contributed by atoms with Gasteiger partial charge in [-0.1, -0.05) is 11.6 Å². The van der Waals surface area contributed by atoms with Crippen molar-refractivity contribution in [2.24, 2.45) is 0 Å². The predicted octanol–water partition coefficient (Wildman–Crippen LogP) is 1.25. The number of nitrogens with one attached hydrogen (secondary N) is 1. The molecule has 1 N–H and O–H groups in total. The predicted molar refractivity (Wildman–Crippen MR) is 108 cm³/mol. The van der Waals surface area contributed by atoms with Gasteiger partial charge in [0.15, 0.2) is 0 Å². The van der Waals surface area contributed by atoms with E-state index in [1.54, 1.807) is 4.90 Å². The summed E-state index contributed by atoms with van der Waals surface area (Å²) in [5, 5.41) is 3.27. The molecule has 0 unspecified atom stereocenters. The fraction of sp³-hybridized carbons (Fsp3) is 0.579. The Bertz CT molecular complexity index is 817. The Labute approximate surface area is 176 Å². The third kappa shape index (κ3) is 5.91. The fourth-order valence-electron chi connectivity index (χ4n) is 3.43. The maximum Gasteiger partial charge on any atom is 0.243 e. The minimum atomic E-state index is -3.61. The molecule has 2 heterocycles. The molecule has 1 aromatic rings. The lowest BCUT2D eigenvalue weighted by Crippen LogP contribution is -2.50. The Morgan fingerprint density at radius 3 is 2.41 bits per heavy atom. The largest absolute Gasteiger partial charge is 0.376 e. The number of hydrogen-bond donors (Lipinski definition) is 1. The summed E-state index contributed by atoms with van der Waals surface area (Å²) in [7, 11) is -3.61. The van der Waals surface area contributed by atoms with Crippen molar-refractivity contribution in [3.8, 4) is 0 Å². The molecule has 29 heavy (non-hydrogen) atoms. The zero-order valence-electron chi connectivity index (χ0n) is 16.2. The summed E-state index contributed by atoms with van der Waals surface area (Å²) in [6, 6.07) is 6.03. The summed E-state index contributed by atoms with van der Waals surface area (Å²) in [4.78, 5) is 26.1. The molecule has 8 nitrogen and oxygen atoms in total. The molecule has 0 bridgehead atoms. The van der Waals surface area contributed by atoms with E-state index in [2.05, 4.69) is 5.32 Å². The molecule has 2 aliphatic heterocycles. The van der Waals surface area contributed by atoms with E-state index >= 15 is 0 Å². The zero-order valence-corrected chi connectivity index (χ0v) is 17.8. The first kappa shape index (κ1) is 22.0. The highest BCUT2D eigenvalue weighted by atomic mass is 35.5. The van der Waals surface area contributed by atoms with Crippen LogP contribution in [0.4, 0.5) is 0 Å². The molecule has 1 aromatic carbocycles. The number of sulfonamides is 1. The van der Waals surface area contributed by atoms with E-state index in [-0.39, 0.29) is 48.7 Å². The number of amides is 2. The second-order valence-electron chi connectivity index (χ2n) is 7.18. The third-order valence-corrected chi connectivity index (χ3v) is 7.32. The first-order chi connectivity index (χ1) is 13.9. The molecule has 2 fully saturated rings. The minimum absolute atomic E-state index is 0.0744. The Kier molecular flexibility index (Phi) is 7.50. The molecule has 2 aliphatic rings. The summed E-state index contributed by atoms with van der Waals surface area (Å²) in [5.74, 6) is -0.307. The quantitative estimate of drug-likeness (QED) is 0.684. The number of halogens is 1. The molecule has 0 radical (unpaired) electrons. The van der Waals surface area contributed by atoms with E-state index in [4.69, 9.17) is 16.3 Å². The maximum absolute atomic E-state index is 12.7. The van der Waals surface area contributed by atoms with Crippen molar-refractivity contribution >= 4 is 33.4 Å². The van der Waals surface area contributed by atoms with Gasteiger partial charge in [0.2, 0.25) is 21.8 Å². The van der Waals surface area contributed by atoms with Gasteiger partial charge in [0.25, 0.3) is 0 Å². The van der Waals surface area contributed by atoms with Crippen molar-refractivity contribution in [1.29, 1.82) is 0 Å². The molecule has 3 rings (SSSR count). The topological polar surface area (TPSA) is 96.0 Å². The van der Waals surface area contributed by atoms with E-state index in [0.29, 0.717) is 24.7 Å². The van der Waals surface area contributed by atoms with Gasteiger partial charge in [-0.3, -0.25) is 9.59 Å². The van der Waals surface area contributed by atoms with Crippen molar-refractivity contribution in [3.63, 3.8) is 0 Å². The number of ether oxygens (including phenoxy) is 1. The summed E-state index contributed by atoms with van der Waals surface area (Å²) in [5.41, 5.74) is 0. The van der Waals surface area contributed by atoms with Crippen LogP contribution < -0.4 is 5.32 Å². The molecular weight excluding hydrogens is 418 g/mol. The van der Waals surface area contributed by atoms with Crippen LogP contribution in [0.15, 0.2) is 29.2 Å². The van der Waals surface area contributed by atoms with Crippen LogP contribution in [-0.4, -0.2) is 74.9 Å². The van der Waals surface area contributed by atoms with Gasteiger partial charge in [0, 0.05) is 57.2 Å². The first-order valence-electron chi connectivity index (χ1n) is 9.78. The van der Waals surface area contributed by atoms with Gasteiger partial charge in [-0.15, -0.1) is 0 Å². The highest BCUT2D eigenvalue weighted by Gasteiger charge is 2.30. The second-order valence-corrected chi connectivity index (χ2v) is 9.55. The number of carbonyl (C=O) groups is 2. The average Bonchev–Trinajstić information content (AvgIpc) is 3.24. The Morgan fingerprint density at radius 2 is 1.79 bits per heavy atom. The van der Waals surface area contributed by atoms with Crippen molar-refractivity contribution < 1.29 is 22.7 Å². The molecule has 0 aliphatic carbocycles. The van der Waals surface area contributed by atoms with Gasteiger partial charge < -0.3 is 15.0 Å². The lowest BCUT2D eigenvalue weighted by Gasteiger charge is -2.34.